The second kappa shape index (κ2) is 8.20. The van der Waals surface area contributed by atoms with Crippen LogP contribution in [0.5, 0.6) is 0 Å². The maximum atomic E-state index is 12.5. The predicted octanol–water partition coefficient (Wildman–Crippen LogP) is 3.43. The molecule has 1 saturated heterocycles. The van der Waals surface area contributed by atoms with Crippen molar-refractivity contribution in [2.45, 2.75) is 44.9 Å². The van der Waals surface area contributed by atoms with E-state index in [1.807, 2.05) is 16.8 Å². The molecule has 3 rings (SSSR count). The average Bonchev–Trinajstić information content (AvgIpc) is 3.26. The molecule has 0 radical (unpaired) electrons. The van der Waals surface area contributed by atoms with E-state index >= 15 is 0 Å². The minimum Gasteiger partial charge on any atom is -0.379 e. The lowest BCUT2D eigenvalue weighted by Gasteiger charge is -2.31. The van der Waals surface area contributed by atoms with Crippen LogP contribution in [-0.4, -0.2) is 36.3 Å². The van der Waals surface area contributed by atoms with E-state index in [4.69, 9.17) is 9.47 Å². The Kier molecular flexibility index (Phi) is 5.99. The van der Waals surface area contributed by atoms with Gasteiger partial charge in [0.1, 0.15) is 0 Å². The third-order valence-corrected chi connectivity index (χ3v) is 5.86. The molecule has 5 nitrogen and oxygen atoms in total. The van der Waals surface area contributed by atoms with Gasteiger partial charge in [0.25, 0.3) is 5.91 Å². The van der Waals surface area contributed by atoms with Crippen LogP contribution in [0.4, 0.5) is 0 Å². The van der Waals surface area contributed by atoms with Crippen LogP contribution in [0.15, 0.2) is 22.3 Å². The van der Waals surface area contributed by atoms with Crippen LogP contribution in [-0.2, 0) is 16.1 Å². The quantitative estimate of drug-likeness (QED) is 0.851. The van der Waals surface area contributed by atoms with E-state index in [9.17, 15) is 4.79 Å². The van der Waals surface area contributed by atoms with E-state index in [1.54, 1.807) is 28.2 Å². The Morgan fingerprint density at radius 3 is 3.08 bits per heavy atom. The van der Waals surface area contributed by atoms with Crippen LogP contribution < -0.4 is 5.32 Å². The Balaban J connectivity index is 1.59. The highest BCUT2D eigenvalue weighted by atomic mass is 32.1. The van der Waals surface area contributed by atoms with E-state index in [-0.39, 0.29) is 18.1 Å². The zero-order valence-electron chi connectivity index (χ0n) is 13.9. The molecule has 2 aromatic rings. The van der Waals surface area contributed by atoms with Crippen molar-refractivity contribution in [3.63, 3.8) is 0 Å². The molecule has 2 aromatic heterocycles. The minimum absolute atomic E-state index is 0.0485. The van der Waals surface area contributed by atoms with Crippen molar-refractivity contribution in [1.82, 2.24) is 10.3 Å². The van der Waals surface area contributed by atoms with E-state index in [0.717, 1.165) is 12.1 Å². The lowest BCUT2D eigenvalue weighted by atomic mass is 10.1. The molecule has 3 heterocycles. The van der Waals surface area contributed by atoms with E-state index in [0.29, 0.717) is 31.3 Å². The Labute approximate surface area is 150 Å². The summed E-state index contributed by atoms with van der Waals surface area (Å²) in [4.78, 5) is 17.9. The fourth-order valence-corrected chi connectivity index (χ4v) is 4.03. The number of ether oxygens (including phenoxy) is 2. The van der Waals surface area contributed by atoms with Crippen molar-refractivity contribution in [1.29, 1.82) is 0 Å². The molecular weight excluding hydrogens is 344 g/mol. The molecule has 0 aromatic carbocycles. The number of aromatic nitrogens is 1. The van der Waals surface area contributed by atoms with Crippen LogP contribution >= 0.6 is 22.7 Å². The van der Waals surface area contributed by atoms with Crippen molar-refractivity contribution < 1.29 is 14.3 Å². The predicted molar refractivity (Wildman–Crippen MR) is 95.8 cm³/mol. The van der Waals surface area contributed by atoms with Crippen LogP contribution in [0.1, 0.15) is 47.1 Å². The third kappa shape index (κ3) is 4.42. The van der Waals surface area contributed by atoms with Gasteiger partial charge in [-0.05, 0) is 18.4 Å². The Morgan fingerprint density at radius 1 is 1.50 bits per heavy atom. The van der Waals surface area contributed by atoms with Gasteiger partial charge in [0.05, 0.1) is 42.1 Å². The molecule has 1 amide bonds. The number of thiophene rings is 1. The van der Waals surface area contributed by atoms with Gasteiger partial charge in [0.2, 0.25) is 0 Å². The Hall–Kier alpha value is -1.28. The fourth-order valence-electron chi connectivity index (χ4n) is 2.58. The summed E-state index contributed by atoms with van der Waals surface area (Å²) in [5, 5.41) is 6.96. The topological polar surface area (TPSA) is 60.5 Å². The van der Waals surface area contributed by atoms with Gasteiger partial charge >= 0.3 is 0 Å². The van der Waals surface area contributed by atoms with Crippen LogP contribution in [0, 0.1) is 0 Å². The SMILES string of the molecule is CC(C)c1cc(C(=O)N[C@@H]2COCC[C@@H]2OCc2cscn2)cs1. The maximum absolute atomic E-state index is 12.5. The Morgan fingerprint density at radius 2 is 2.38 bits per heavy atom. The Bertz CT molecular complexity index is 655. The molecule has 0 unspecified atom stereocenters. The molecule has 1 fully saturated rings. The summed E-state index contributed by atoms with van der Waals surface area (Å²) in [6.45, 7) is 5.87. The van der Waals surface area contributed by atoms with Crippen molar-refractivity contribution in [3.8, 4) is 0 Å². The molecule has 2 atom stereocenters. The maximum Gasteiger partial charge on any atom is 0.252 e. The molecular formula is C17H22N2O3S2. The summed E-state index contributed by atoms with van der Waals surface area (Å²) < 4.78 is 11.5. The van der Waals surface area contributed by atoms with Crippen LogP contribution in [0.2, 0.25) is 0 Å². The number of nitrogens with one attached hydrogen (secondary N) is 1. The molecule has 7 heteroatoms. The summed E-state index contributed by atoms with van der Waals surface area (Å²) in [5.41, 5.74) is 3.44. The number of carbonyl (C=O) groups is 1. The number of amides is 1. The normalized spacial score (nSPS) is 21.1. The van der Waals surface area contributed by atoms with Gasteiger partial charge in [-0.3, -0.25) is 4.79 Å². The van der Waals surface area contributed by atoms with E-state index in [1.165, 1.54) is 4.88 Å². The molecule has 1 N–H and O–H groups in total. The molecule has 0 saturated carbocycles. The number of carbonyl (C=O) groups excluding carboxylic acids is 1. The monoisotopic (exact) mass is 366 g/mol. The molecule has 24 heavy (non-hydrogen) atoms. The smallest absolute Gasteiger partial charge is 0.252 e. The van der Waals surface area contributed by atoms with Crippen molar-refractivity contribution in [2.24, 2.45) is 0 Å². The zero-order valence-corrected chi connectivity index (χ0v) is 15.5. The number of rotatable bonds is 6. The van der Waals surface area contributed by atoms with Crippen molar-refractivity contribution >= 4 is 28.6 Å². The number of thiazole rings is 1. The van der Waals surface area contributed by atoms with Gasteiger partial charge in [0, 0.05) is 22.2 Å². The highest BCUT2D eigenvalue weighted by Crippen LogP contribution is 2.23. The number of hydrogen-bond donors (Lipinski definition) is 1. The third-order valence-electron chi connectivity index (χ3n) is 3.99. The summed E-state index contributed by atoms with van der Waals surface area (Å²) >= 11 is 3.18. The fraction of sp³-hybridized carbons (Fsp3) is 0.529. The first-order chi connectivity index (χ1) is 11.6. The van der Waals surface area contributed by atoms with Gasteiger partial charge in [-0.15, -0.1) is 22.7 Å². The first-order valence-electron chi connectivity index (χ1n) is 8.09. The van der Waals surface area contributed by atoms with Gasteiger partial charge < -0.3 is 14.8 Å². The van der Waals surface area contributed by atoms with E-state index in [2.05, 4.69) is 24.1 Å². The number of hydrogen-bond acceptors (Lipinski definition) is 6. The van der Waals surface area contributed by atoms with Crippen LogP contribution in [0.25, 0.3) is 0 Å². The lowest BCUT2D eigenvalue weighted by molar-refractivity contribution is -0.0611. The highest BCUT2D eigenvalue weighted by Gasteiger charge is 2.28. The molecule has 0 aliphatic carbocycles. The largest absolute Gasteiger partial charge is 0.379 e. The summed E-state index contributed by atoms with van der Waals surface area (Å²) in [5.74, 6) is 0.375. The molecule has 0 bridgehead atoms. The minimum atomic E-state index is -0.132. The molecule has 0 spiro atoms. The van der Waals surface area contributed by atoms with Crippen LogP contribution in [0.3, 0.4) is 0 Å². The van der Waals surface area contributed by atoms with E-state index < -0.39 is 0 Å². The van der Waals surface area contributed by atoms with Crippen molar-refractivity contribution in [3.05, 3.63) is 38.5 Å². The van der Waals surface area contributed by atoms with Gasteiger partial charge in [-0.2, -0.15) is 0 Å². The van der Waals surface area contributed by atoms with Gasteiger partial charge in [-0.1, -0.05) is 13.8 Å². The second-order valence-corrected chi connectivity index (χ2v) is 7.83. The molecule has 1 aliphatic heterocycles. The van der Waals surface area contributed by atoms with Gasteiger partial charge in [-0.25, -0.2) is 4.98 Å². The summed E-state index contributed by atoms with van der Waals surface area (Å²) in [6.07, 6.45) is 0.725. The first-order valence-corrected chi connectivity index (χ1v) is 9.91. The average molecular weight is 367 g/mol. The summed E-state index contributed by atoms with van der Waals surface area (Å²) in [6, 6.07) is 1.84. The van der Waals surface area contributed by atoms with Gasteiger partial charge in [0.15, 0.2) is 0 Å². The molecule has 1 aliphatic rings. The lowest BCUT2D eigenvalue weighted by Crippen LogP contribution is -2.50. The standard InChI is InChI=1S/C17H22N2O3S2/c1-11(2)16-5-12(8-24-16)17(20)19-14-7-21-4-3-15(14)22-6-13-9-23-10-18-13/h5,8-11,14-15H,3-4,6-7H2,1-2H3,(H,19,20)/t14-,15+/m1/s1. The second-order valence-electron chi connectivity index (χ2n) is 6.17. The summed E-state index contributed by atoms with van der Waals surface area (Å²) in [7, 11) is 0. The molecule has 130 valence electrons. The first kappa shape index (κ1) is 17.5. The number of nitrogens with zero attached hydrogens (tertiary/aromatic N) is 1. The van der Waals surface area contributed by atoms with Crippen molar-refractivity contribution in [2.75, 3.05) is 13.2 Å². The highest BCUT2D eigenvalue weighted by molar-refractivity contribution is 7.10. The zero-order chi connectivity index (χ0) is 16.9.